The van der Waals surface area contributed by atoms with Gasteiger partial charge in [-0.2, -0.15) is 5.10 Å². The van der Waals surface area contributed by atoms with Gasteiger partial charge in [0.15, 0.2) is 5.82 Å². The predicted molar refractivity (Wildman–Crippen MR) is 75.7 cm³/mol. The van der Waals surface area contributed by atoms with E-state index in [0.717, 1.165) is 11.3 Å². The molecule has 1 heterocycles. The van der Waals surface area contributed by atoms with E-state index in [2.05, 4.69) is 36.3 Å². The van der Waals surface area contributed by atoms with Crippen molar-refractivity contribution in [3.05, 3.63) is 16.8 Å². The van der Waals surface area contributed by atoms with Crippen molar-refractivity contribution in [2.24, 2.45) is 5.41 Å². The van der Waals surface area contributed by atoms with Crippen molar-refractivity contribution in [2.75, 3.05) is 11.9 Å². The molecule has 1 aromatic heterocycles. The van der Waals surface area contributed by atoms with Crippen LogP contribution in [0.2, 0.25) is 0 Å². The van der Waals surface area contributed by atoms with Crippen molar-refractivity contribution in [1.29, 1.82) is 0 Å². The SMILES string of the molecule is CCc1nnc(NCC(C)(C)C)c(C(=O)O)c1CC. The number of hydrogen-bond acceptors (Lipinski definition) is 4. The summed E-state index contributed by atoms with van der Waals surface area (Å²) in [5.41, 5.74) is 1.86. The fraction of sp³-hybridized carbons (Fsp3) is 0.643. The van der Waals surface area contributed by atoms with Crippen LogP contribution in [0.3, 0.4) is 0 Å². The first kappa shape index (κ1) is 15.4. The molecule has 0 saturated carbocycles. The monoisotopic (exact) mass is 265 g/mol. The van der Waals surface area contributed by atoms with Crippen molar-refractivity contribution in [1.82, 2.24) is 10.2 Å². The van der Waals surface area contributed by atoms with Gasteiger partial charge >= 0.3 is 5.97 Å². The Balaban J connectivity index is 3.21. The normalized spacial score (nSPS) is 11.4. The average Bonchev–Trinajstić information content (AvgIpc) is 2.33. The Kier molecular flexibility index (Phi) is 4.86. The lowest BCUT2D eigenvalue weighted by Gasteiger charge is -2.20. The topological polar surface area (TPSA) is 75.1 Å². The molecule has 19 heavy (non-hydrogen) atoms. The molecule has 0 aromatic carbocycles. The van der Waals surface area contributed by atoms with Crippen molar-refractivity contribution >= 4 is 11.8 Å². The fourth-order valence-electron chi connectivity index (χ4n) is 1.88. The molecule has 0 aliphatic rings. The van der Waals surface area contributed by atoms with E-state index in [1.165, 1.54) is 0 Å². The summed E-state index contributed by atoms with van der Waals surface area (Å²) in [6.07, 6.45) is 1.33. The molecule has 0 spiro atoms. The first-order valence-electron chi connectivity index (χ1n) is 6.65. The number of aromatic nitrogens is 2. The van der Waals surface area contributed by atoms with Gasteiger partial charge in [-0.05, 0) is 23.8 Å². The molecule has 0 saturated heterocycles. The predicted octanol–water partition coefficient (Wildman–Crippen LogP) is 2.76. The summed E-state index contributed by atoms with van der Waals surface area (Å²) in [7, 11) is 0. The third-order valence-corrected chi connectivity index (χ3v) is 2.85. The van der Waals surface area contributed by atoms with Gasteiger partial charge in [-0.15, -0.1) is 5.10 Å². The Hall–Kier alpha value is -1.65. The van der Waals surface area contributed by atoms with Crippen molar-refractivity contribution in [3.8, 4) is 0 Å². The molecule has 0 atom stereocenters. The van der Waals surface area contributed by atoms with Crippen LogP contribution in [-0.2, 0) is 12.8 Å². The van der Waals surface area contributed by atoms with Gasteiger partial charge < -0.3 is 10.4 Å². The van der Waals surface area contributed by atoms with Crippen LogP contribution in [0.1, 0.15) is 56.2 Å². The number of rotatable bonds is 5. The minimum absolute atomic E-state index is 0.0489. The molecular weight excluding hydrogens is 242 g/mol. The highest BCUT2D eigenvalue weighted by atomic mass is 16.4. The first-order valence-corrected chi connectivity index (χ1v) is 6.65. The van der Waals surface area contributed by atoms with Crippen molar-refractivity contribution < 1.29 is 9.90 Å². The number of hydrogen-bond donors (Lipinski definition) is 2. The van der Waals surface area contributed by atoms with Crippen LogP contribution in [0, 0.1) is 5.41 Å². The standard InChI is InChI=1S/C14H23N3O2/c1-6-9-10(7-2)16-17-12(11(9)13(18)19)15-8-14(3,4)5/h6-8H2,1-5H3,(H,15,17)(H,18,19). The lowest BCUT2D eigenvalue weighted by Crippen LogP contribution is -2.22. The van der Waals surface area contributed by atoms with Crippen molar-refractivity contribution in [2.45, 2.75) is 47.5 Å². The Bertz CT molecular complexity index is 464. The van der Waals surface area contributed by atoms with Crippen molar-refractivity contribution in [3.63, 3.8) is 0 Å². The number of carboxylic acid groups (broad SMARTS) is 1. The zero-order valence-corrected chi connectivity index (χ0v) is 12.4. The first-order chi connectivity index (χ1) is 8.80. The van der Waals surface area contributed by atoms with Crippen LogP contribution in [0.5, 0.6) is 0 Å². The lowest BCUT2D eigenvalue weighted by molar-refractivity contribution is 0.0696. The minimum atomic E-state index is -0.946. The van der Waals surface area contributed by atoms with E-state index in [-0.39, 0.29) is 11.0 Å². The van der Waals surface area contributed by atoms with Crippen LogP contribution < -0.4 is 5.32 Å². The summed E-state index contributed by atoms with van der Waals surface area (Å²) in [6.45, 7) is 10.8. The second kappa shape index (κ2) is 5.99. The molecule has 0 amide bonds. The highest BCUT2D eigenvalue weighted by Crippen LogP contribution is 2.22. The molecule has 0 fully saturated rings. The number of aryl methyl sites for hydroxylation is 1. The number of anilines is 1. The highest BCUT2D eigenvalue weighted by Gasteiger charge is 2.21. The van der Waals surface area contributed by atoms with E-state index in [1.54, 1.807) is 0 Å². The van der Waals surface area contributed by atoms with Gasteiger partial charge in [0.25, 0.3) is 0 Å². The summed E-state index contributed by atoms with van der Waals surface area (Å²) in [5, 5.41) is 20.7. The van der Waals surface area contributed by atoms with Gasteiger partial charge in [-0.25, -0.2) is 4.79 Å². The summed E-state index contributed by atoms with van der Waals surface area (Å²) in [4.78, 5) is 11.5. The largest absolute Gasteiger partial charge is 0.478 e. The molecular formula is C14H23N3O2. The third kappa shape index (κ3) is 3.91. The van der Waals surface area contributed by atoms with Gasteiger partial charge in [0.05, 0.1) is 5.69 Å². The zero-order valence-electron chi connectivity index (χ0n) is 12.4. The Morgan fingerprint density at radius 3 is 2.26 bits per heavy atom. The summed E-state index contributed by atoms with van der Waals surface area (Å²) in [6, 6.07) is 0. The number of carbonyl (C=O) groups is 1. The molecule has 0 aliphatic heterocycles. The van der Waals surface area contributed by atoms with Gasteiger partial charge in [0.1, 0.15) is 5.56 Å². The minimum Gasteiger partial charge on any atom is -0.478 e. The number of carboxylic acids is 1. The van der Waals surface area contributed by atoms with E-state index >= 15 is 0 Å². The number of nitrogens with zero attached hydrogens (tertiary/aromatic N) is 2. The number of nitrogens with one attached hydrogen (secondary N) is 1. The van der Waals surface area contributed by atoms with Crippen LogP contribution >= 0.6 is 0 Å². The zero-order chi connectivity index (χ0) is 14.6. The molecule has 106 valence electrons. The number of aromatic carboxylic acids is 1. The Morgan fingerprint density at radius 2 is 1.84 bits per heavy atom. The van der Waals surface area contributed by atoms with E-state index in [9.17, 15) is 9.90 Å². The van der Waals surface area contributed by atoms with E-state index in [4.69, 9.17) is 0 Å². The Labute approximate surface area is 114 Å². The molecule has 5 nitrogen and oxygen atoms in total. The molecule has 2 N–H and O–H groups in total. The molecule has 0 bridgehead atoms. The quantitative estimate of drug-likeness (QED) is 0.856. The van der Waals surface area contributed by atoms with Gasteiger partial charge in [0.2, 0.25) is 0 Å². The van der Waals surface area contributed by atoms with E-state index < -0.39 is 5.97 Å². The third-order valence-electron chi connectivity index (χ3n) is 2.85. The van der Waals surface area contributed by atoms with Gasteiger partial charge in [-0.1, -0.05) is 34.6 Å². The summed E-state index contributed by atoms with van der Waals surface area (Å²) in [5.74, 6) is -0.575. The van der Waals surface area contributed by atoms with Crippen LogP contribution in [0.25, 0.3) is 0 Å². The molecule has 0 aliphatic carbocycles. The maximum Gasteiger partial charge on any atom is 0.339 e. The fourth-order valence-corrected chi connectivity index (χ4v) is 1.88. The molecule has 0 radical (unpaired) electrons. The van der Waals surface area contributed by atoms with E-state index in [1.807, 2.05) is 13.8 Å². The highest BCUT2D eigenvalue weighted by molar-refractivity contribution is 5.95. The maximum absolute atomic E-state index is 11.5. The molecule has 5 heteroatoms. The van der Waals surface area contributed by atoms with Crippen LogP contribution in [0.15, 0.2) is 0 Å². The second-order valence-corrected chi connectivity index (χ2v) is 5.78. The molecule has 1 aromatic rings. The van der Waals surface area contributed by atoms with Crippen LogP contribution in [-0.4, -0.2) is 27.8 Å². The Morgan fingerprint density at radius 1 is 1.21 bits per heavy atom. The van der Waals surface area contributed by atoms with Crippen LogP contribution in [0.4, 0.5) is 5.82 Å². The summed E-state index contributed by atoms with van der Waals surface area (Å²) < 4.78 is 0. The maximum atomic E-state index is 11.5. The van der Waals surface area contributed by atoms with Gasteiger partial charge in [0, 0.05) is 6.54 Å². The van der Waals surface area contributed by atoms with E-state index in [0.29, 0.717) is 25.2 Å². The summed E-state index contributed by atoms with van der Waals surface area (Å²) >= 11 is 0. The molecule has 1 rings (SSSR count). The van der Waals surface area contributed by atoms with Gasteiger partial charge in [-0.3, -0.25) is 0 Å². The second-order valence-electron chi connectivity index (χ2n) is 5.78. The molecule has 0 unspecified atom stereocenters. The smallest absolute Gasteiger partial charge is 0.339 e. The average molecular weight is 265 g/mol. The lowest BCUT2D eigenvalue weighted by atomic mass is 9.96.